The summed E-state index contributed by atoms with van der Waals surface area (Å²) in [6.45, 7) is 0. The maximum absolute atomic E-state index is 5.31. The Bertz CT molecular complexity index is 1120. The van der Waals surface area contributed by atoms with E-state index in [0.29, 0.717) is 23.0 Å². The molecular formula is C26H22O4. The molecule has 4 nitrogen and oxygen atoms in total. The van der Waals surface area contributed by atoms with Gasteiger partial charge in [0.1, 0.15) is 11.5 Å². The third kappa shape index (κ3) is 5.28. The van der Waals surface area contributed by atoms with Crippen LogP contribution in [0.2, 0.25) is 0 Å². The van der Waals surface area contributed by atoms with Crippen molar-refractivity contribution in [3.8, 4) is 46.7 Å². The molecule has 0 aromatic heterocycles. The summed E-state index contributed by atoms with van der Waals surface area (Å²) in [6.07, 6.45) is 0. The van der Waals surface area contributed by atoms with E-state index in [1.54, 1.807) is 28.4 Å². The lowest BCUT2D eigenvalue weighted by Crippen LogP contribution is -1.90. The van der Waals surface area contributed by atoms with Gasteiger partial charge in [0.25, 0.3) is 0 Å². The summed E-state index contributed by atoms with van der Waals surface area (Å²) in [5.41, 5.74) is 3.47. The number of rotatable bonds is 4. The van der Waals surface area contributed by atoms with E-state index in [9.17, 15) is 0 Å². The van der Waals surface area contributed by atoms with Crippen LogP contribution < -0.4 is 18.9 Å². The first-order valence-corrected chi connectivity index (χ1v) is 9.24. The van der Waals surface area contributed by atoms with Gasteiger partial charge in [-0.05, 0) is 54.6 Å². The second-order valence-corrected chi connectivity index (χ2v) is 6.25. The molecule has 30 heavy (non-hydrogen) atoms. The molecule has 0 atom stereocenters. The molecule has 0 N–H and O–H groups in total. The average Bonchev–Trinajstić information content (AvgIpc) is 2.81. The Labute approximate surface area is 177 Å². The molecular weight excluding hydrogens is 376 g/mol. The minimum Gasteiger partial charge on any atom is -0.497 e. The van der Waals surface area contributed by atoms with E-state index >= 15 is 0 Å². The Morgan fingerprint density at radius 2 is 0.900 bits per heavy atom. The smallest absolute Gasteiger partial charge is 0.161 e. The van der Waals surface area contributed by atoms with E-state index in [0.717, 1.165) is 22.3 Å². The number of ether oxygens (including phenoxy) is 4. The number of hydrogen-bond donors (Lipinski definition) is 0. The van der Waals surface area contributed by atoms with Crippen molar-refractivity contribution in [3.05, 3.63) is 82.9 Å². The van der Waals surface area contributed by atoms with Gasteiger partial charge in [-0.3, -0.25) is 0 Å². The standard InChI is InChI=1S/C26H22O4/c1-27-23-15-22(16-24(18-23)28-2)12-10-20-7-5-19(6-8-20)9-11-21-13-14-25(29-3)26(17-21)30-4/h5-8,13-18H,1-4H3. The van der Waals surface area contributed by atoms with Crippen LogP contribution in [0.3, 0.4) is 0 Å². The first-order valence-electron chi connectivity index (χ1n) is 9.24. The van der Waals surface area contributed by atoms with E-state index in [1.165, 1.54) is 0 Å². The minimum absolute atomic E-state index is 0.657. The topological polar surface area (TPSA) is 36.9 Å². The molecule has 0 bridgehead atoms. The summed E-state index contributed by atoms with van der Waals surface area (Å²) < 4.78 is 21.1. The van der Waals surface area contributed by atoms with Gasteiger partial charge in [0.15, 0.2) is 11.5 Å². The number of hydrogen-bond acceptors (Lipinski definition) is 4. The van der Waals surface area contributed by atoms with Crippen LogP contribution in [0.4, 0.5) is 0 Å². The molecule has 0 radical (unpaired) electrons. The molecule has 0 fully saturated rings. The van der Waals surface area contributed by atoms with E-state index in [1.807, 2.05) is 60.7 Å². The normalized spacial score (nSPS) is 9.47. The molecule has 0 aliphatic rings. The lowest BCUT2D eigenvalue weighted by molar-refractivity contribution is 0.355. The molecule has 3 rings (SSSR count). The van der Waals surface area contributed by atoms with E-state index < -0.39 is 0 Å². The zero-order valence-corrected chi connectivity index (χ0v) is 17.4. The van der Waals surface area contributed by atoms with Crippen LogP contribution in [0.5, 0.6) is 23.0 Å². The third-order valence-corrected chi connectivity index (χ3v) is 4.32. The summed E-state index contributed by atoms with van der Waals surface area (Å²) in [5, 5.41) is 0. The lowest BCUT2D eigenvalue weighted by Gasteiger charge is -2.06. The van der Waals surface area contributed by atoms with E-state index in [2.05, 4.69) is 23.7 Å². The Kier molecular flexibility index (Phi) is 6.87. The zero-order valence-electron chi connectivity index (χ0n) is 17.4. The predicted octanol–water partition coefficient (Wildman–Crippen LogP) is 4.52. The second kappa shape index (κ2) is 9.96. The van der Waals surface area contributed by atoms with Crippen LogP contribution in [-0.4, -0.2) is 28.4 Å². The van der Waals surface area contributed by atoms with Gasteiger partial charge in [0.2, 0.25) is 0 Å². The first-order chi connectivity index (χ1) is 14.6. The maximum Gasteiger partial charge on any atom is 0.161 e. The highest BCUT2D eigenvalue weighted by molar-refractivity contribution is 5.52. The number of methoxy groups -OCH3 is 4. The predicted molar refractivity (Wildman–Crippen MR) is 117 cm³/mol. The summed E-state index contributed by atoms with van der Waals surface area (Å²) in [5.74, 6) is 15.3. The van der Waals surface area contributed by atoms with E-state index in [-0.39, 0.29) is 0 Å². The third-order valence-electron chi connectivity index (χ3n) is 4.32. The Balaban J connectivity index is 1.76. The summed E-state index contributed by atoms with van der Waals surface area (Å²) in [6, 6.07) is 19.0. The molecule has 3 aromatic rings. The van der Waals surface area contributed by atoms with Crippen LogP contribution in [0.15, 0.2) is 60.7 Å². The molecule has 3 aromatic carbocycles. The first kappa shape index (κ1) is 20.7. The Morgan fingerprint density at radius 1 is 0.433 bits per heavy atom. The molecule has 0 heterocycles. The summed E-state index contributed by atoms with van der Waals surface area (Å²) >= 11 is 0. The van der Waals surface area contributed by atoms with Gasteiger partial charge in [-0.25, -0.2) is 0 Å². The quantitative estimate of drug-likeness (QED) is 0.606. The van der Waals surface area contributed by atoms with Crippen LogP contribution >= 0.6 is 0 Å². The van der Waals surface area contributed by atoms with Crippen LogP contribution in [0, 0.1) is 23.7 Å². The molecule has 0 spiro atoms. The van der Waals surface area contributed by atoms with Crippen molar-refractivity contribution in [1.82, 2.24) is 0 Å². The van der Waals surface area contributed by atoms with Crippen molar-refractivity contribution >= 4 is 0 Å². The molecule has 0 amide bonds. The van der Waals surface area contributed by atoms with Crippen molar-refractivity contribution in [1.29, 1.82) is 0 Å². The van der Waals surface area contributed by atoms with Crippen molar-refractivity contribution in [2.75, 3.05) is 28.4 Å². The average molecular weight is 398 g/mol. The molecule has 0 unspecified atom stereocenters. The molecule has 150 valence electrons. The van der Waals surface area contributed by atoms with Gasteiger partial charge in [-0.2, -0.15) is 0 Å². The molecule has 0 saturated heterocycles. The number of benzene rings is 3. The van der Waals surface area contributed by atoms with Gasteiger partial charge in [-0.1, -0.05) is 23.7 Å². The van der Waals surface area contributed by atoms with Crippen LogP contribution in [-0.2, 0) is 0 Å². The summed E-state index contributed by atoms with van der Waals surface area (Å²) in [7, 11) is 6.45. The molecule has 4 heteroatoms. The van der Waals surface area contributed by atoms with Crippen molar-refractivity contribution in [2.24, 2.45) is 0 Å². The maximum atomic E-state index is 5.31. The monoisotopic (exact) mass is 398 g/mol. The highest BCUT2D eigenvalue weighted by Crippen LogP contribution is 2.27. The largest absolute Gasteiger partial charge is 0.497 e. The molecule has 0 aliphatic carbocycles. The van der Waals surface area contributed by atoms with Crippen molar-refractivity contribution in [2.45, 2.75) is 0 Å². The minimum atomic E-state index is 0.657. The van der Waals surface area contributed by atoms with Gasteiger partial charge in [0.05, 0.1) is 28.4 Å². The van der Waals surface area contributed by atoms with Crippen LogP contribution in [0.25, 0.3) is 0 Å². The van der Waals surface area contributed by atoms with Gasteiger partial charge in [-0.15, -0.1) is 0 Å². The second-order valence-electron chi connectivity index (χ2n) is 6.25. The Hall–Kier alpha value is -4.02. The van der Waals surface area contributed by atoms with Crippen LogP contribution in [0.1, 0.15) is 22.3 Å². The van der Waals surface area contributed by atoms with Crippen molar-refractivity contribution < 1.29 is 18.9 Å². The SMILES string of the molecule is COc1cc(C#Cc2ccc(C#Cc3ccc(OC)c(OC)c3)cc2)cc(OC)c1. The molecule has 0 saturated carbocycles. The zero-order chi connectivity index (χ0) is 21.3. The summed E-state index contributed by atoms with van der Waals surface area (Å²) in [4.78, 5) is 0. The highest BCUT2D eigenvalue weighted by Gasteiger charge is 2.03. The molecule has 0 aliphatic heterocycles. The van der Waals surface area contributed by atoms with Crippen molar-refractivity contribution in [3.63, 3.8) is 0 Å². The fraction of sp³-hybridized carbons (Fsp3) is 0.154. The Morgan fingerprint density at radius 3 is 1.40 bits per heavy atom. The fourth-order valence-corrected chi connectivity index (χ4v) is 2.72. The van der Waals surface area contributed by atoms with Gasteiger partial charge < -0.3 is 18.9 Å². The van der Waals surface area contributed by atoms with E-state index in [4.69, 9.17) is 18.9 Å². The lowest BCUT2D eigenvalue weighted by atomic mass is 10.1. The fourth-order valence-electron chi connectivity index (χ4n) is 2.72. The van der Waals surface area contributed by atoms with Gasteiger partial charge in [0, 0.05) is 28.3 Å². The highest BCUT2D eigenvalue weighted by atomic mass is 16.5. The van der Waals surface area contributed by atoms with Gasteiger partial charge >= 0.3 is 0 Å².